The molecular formula is C43H28N2O2. The van der Waals surface area contributed by atoms with Crippen LogP contribution in [0.1, 0.15) is 0 Å². The second-order valence-electron chi connectivity index (χ2n) is 11.6. The van der Waals surface area contributed by atoms with Crippen LogP contribution in [-0.2, 0) is 0 Å². The fraction of sp³-hybridized carbons (Fsp3) is 0. The van der Waals surface area contributed by atoms with Crippen LogP contribution in [0.2, 0.25) is 0 Å². The molecule has 4 heteroatoms. The minimum atomic E-state index is 0.567. The van der Waals surface area contributed by atoms with Gasteiger partial charge in [0.25, 0.3) is 0 Å². The highest BCUT2D eigenvalue weighted by atomic mass is 16.4. The van der Waals surface area contributed by atoms with E-state index >= 15 is 0 Å². The zero-order chi connectivity index (χ0) is 31.2. The van der Waals surface area contributed by atoms with Gasteiger partial charge in [-0.05, 0) is 70.8 Å². The largest absolute Gasteiger partial charge is 0.454 e. The van der Waals surface area contributed by atoms with Crippen LogP contribution in [0, 0.1) is 0 Å². The average Bonchev–Trinajstić information content (AvgIpc) is 3.75. The molecule has 9 rings (SSSR count). The van der Waals surface area contributed by atoms with Crippen molar-refractivity contribution in [2.45, 2.75) is 0 Å². The molecule has 2 heterocycles. The molecule has 0 bridgehead atoms. The maximum Gasteiger partial charge on any atom is 0.227 e. The molecule has 0 aliphatic heterocycles. The number of oxazole rings is 1. The molecule has 0 fully saturated rings. The molecule has 222 valence electrons. The third kappa shape index (κ3) is 4.75. The molecule has 0 aliphatic rings. The Labute approximate surface area is 271 Å². The van der Waals surface area contributed by atoms with E-state index in [0.29, 0.717) is 11.5 Å². The van der Waals surface area contributed by atoms with Crippen LogP contribution in [-0.4, -0.2) is 4.98 Å². The van der Waals surface area contributed by atoms with Gasteiger partial charge in [0.2, 0.25) is 5.89 Å². The number of anilines is 3. The van der Waals surface area contributed by atoms with Crippen molar-refractivity contribution in [1.82, 2.24) is 4.98 Å². The van der Waals surface area contributed by atoms with E-state index in [1.165, 1.54) is 11.1 Å². The fourth-order valence-corrected chi connectivity index (χ4v) is 6.41. The number of para-hydroxylation sites is 1. The second kappa shape index (κ2) is 11.2. The standard InChI is InChI=1S/C43H28N2O2/c1-4-12-29(13-5-1)31-20-24-34(25-21-31)45(35-26-22-32(23-27-35)30-14-6-2-7-15-30)40-41-37(36-18-10-11-19-39(36)46-41)28-38-42(40)47-43(44-38)33-16-8-3-9-17-33/h1-28H. The van der Waals surface area contributed by atoms with E-state index in [9.17, 15) is 0 Å². The molecule has 2 aromatic heterocycles. The van der Waals surface area contributed by atoms with E-state index < -0.39 is 0 Å². The Balaban J connectivity index is 1.31. The van der Waals surface area contributed by atoms with E-state index in [0.717, 1.165) is 61.2 Å². The quantitative estimate of drug-likeness (QED) is 0.189. The zero-order valence-electron chi connectivity index (χ0n) is 25.4. The van der Waals surface area contributed by atoms with Gasteiger partial charge in [0.15, 0.2) is 11.2 Å². The van der Waals surface area contributed by atoms with E-state index in [4.69, 9.17) is 13.8 Å². The molecule has 0 unspecified atom stereocenters. The molecule has 7 aromatic carbocycles. The average molecular weight is 605 g/mol. The van der Waals surface area contributed by atoms with E-state index in [-0.39, 0.29) is 0 Å². The first-order valence-electron chi connectivity index (χ1n) is 15.7. The van der Waals surface area contributed by atoms with Crippen LogP contribution in [0.5, 0.6) is 0 Å². The third-order valence-electron chi connectivity index (χ3n) is 8.71. The Morgan fingerprint density at radius 2 is 0.894 bits per heavy atom. The van der Waals surface area contributed by atoms with Gasteiger partial charge in [-0.1, -0.05) is 121 Å². The van der Waals surface area contributed by atoms with Gasteiger partial charge in [-0.25, -0.2) is 4.98 Å². The molecule has 0 aliphatic carbocycles. The summed E-state index contributed by atoms with van der Waals surface area (Å²) in [6, 6.07) is 58.5. The smallest absolute Gasteiger partial charge is 0.227 e. The van der Waals surface area contributed by atoms with Crippen molar-refractivity contribution in [3.8, 4) is 33.7 Å². The first-order chi connectivity index (χ1) is 23.3. The Kier molecular flexibility index (Phi) is 6.43. The summed E-state index contributed by atoms with van der Waals surface area (Å²) < 4.78 is 13.4. The molecular weight excluding hydrogens is 576 g/mol. The van der Waals surface area contributed by atoms with Crippen LogP contribution in [0.25, 0.3) is 66.7 Å². The van der Waals surface area contributed by atoms with Crippen LogP contribution >= 0.6 is 0 Å². The van der Waals surface area contributed by atoms with Gasteiger partial charge in [0.1, 0.15) is 16.8 Å². The number of fused-ring (bicyclic) bond motifs is 4. The third-order valence-corrected chi connectivity index (χ3v) is 8.71. The molecule has 47 heavy (non-hydrogen) atoms. The normalized spacial score (nSPS) is 11.4. The van der Waals surface area contributed by atoms with Crippen LogP contribution in [0.3, 0.4) is 0 Å². The number of benzene rings is 7. The lowest BCUT2D eigenvalue weighted by Crippen LogP contribution is -2.10. The summed E-state index contributed by atoms with van der Waals surface area (Å²) in [5.74, 6) is 0.567. The highest BCUT2D eigenvalue weighted by Crippen LogP contribution is 2.47. The first kappa shape index (κ1) is 27.0. The zero-order valence-corrected chi connectivity index (χ0v) is 25.4. The number of nitrogens with zero attached hydrogens (tertiary/aromatic N) is 2. The Bertz CT molecular complexity index is 2400. The van der Waals surface area contributed by atoms with Crippen LogP contribution in [0.4, 0.5) is 17.1 Å². The summed E-state index contributed by atoms with van der Waals surface area (Å²) in [5, 5.41) is 2.02. The highest BCUT2D eigenvalue weighted by Gasteiger charge is 2.26. The molecule has 0 N–H and O–H groups in total. The van der Waals surface area contributed by atoms with Gasteiger partial charge in [0, 0.05) is 27.7 Å². The van der Waals surface area contributed by atoms with Crippen molar-refractivity contribution in [3.63, 3.8) is 0 Å². The predicted molar refractivity (Wildman–Crippen MR) is 192 cm³/mol. The fourth-order valence-electron chi connectivity index (χ4n) is 6.41. The number of furan rings is 1. The molecule has 9 aromatic rings. The minimum Gasteiger partial charge on any atom is -0.454 e. The summed E-state index contributed by atoms with van der Waals surface area (Å²) in [7, 11) is 0. The lowest BCUT2D eigenvalue weighted by atomic mass is 10.0. The summed E-state index contributed by atoms with van der Waals surface area (Å²) in [4.78, 5) is 7.26. The number of aromatic nitrogens is 1. The van der Waals surface area contributed by atoms with Crippen molar-refractivity contribution >= 4 is 50.1 Å². The first-order valence-corrected chi connectivity index (χ1v) is 15.7. The SMILES string of the molecule is c1ccc(-c2ccc(N(c3ccc(-c4ccccc4)cc3)c3c4oc(-c5ccccc5)nc4cc4c3oc3ccccc34)cc2)cc1. The topological polar surface area (TPSA) is 42.4 Å². The summed E-state index contributed by atoms with van der Waals surface area (Å²) in [5.41, 5.74) is 11.3. The van der Waals surface area contributed by atoms with Crippen molar-refractivity contribution in [3.05, 3.63) is 170 Å². The summed E-state index contributed by atoms with van der Waals surface area (Å²) >= 11 is 0. The molecule has 0 saturated heterocycles. The van der Waals surface area contributed by atoms with Gasteiger partial charge >= 0.3 is 0 Å². The monoisotopic (exact) mass is 604 g/mol. The van der Waals surface area contributed by atoms with Gasteiger partial charge in [-0.3, -0.25) is 0 Å². The molecule has 4 nitrogen and oxygen atoms in total. The van der Waals surface area contributed by atoms with Crippen molar-refractivity contribution < 1.29 is 8.83 Å². The molecule has 0 saturated carbocycles. The lowest BCUT2D eigenvalue weighted by Gasteiger charge is -2.26. The van der Waals surface area contributed by atoms with Crippen molar-refractivity contribution in [2.24, 2.45) is 0 Å². The van der Waals surface area contributed by atoms with Gasteiger partial charge in [0.05, 0.1) is 0 Å². The summed E-state index contributed by atoms with van der Waals surface area (Å²) in [6.45, 7) is 0. The van der Waals surface area contributed by atoms with Crippen molar-refractivity contribution in [2.75, 3.05) is 4.90 Å². The molecule has 0 spiro atoms. The highest BCUT2D eigenvalue weighted by molar-refractivity contribution is 6.17. The van der Waals surface area contributed by atoms with Crippen LogP contribution in [0.15, 0.2) is 179 Å². The van der Waals surface area contributed by atoms with Gasteiger partial charge < -0.3 is 13.7 Å². The van der Waals surface area contributed by atoms with E-state index in [2.05, 4.69) is 114 Å². The number of hydrogen-bond donors (Lipinski definition) is 0. The molecule has 0 atom stereocenters. The van der Waals surface area contributed by atoms with Crippen LogP contribution < -0.4 is 4.90 Å². The Morgan fingerprint density at radius 1 is 0.404 bits per heavy atom. The predicted octanol–water partition coefficient (Wildman–Crippen LogP) is 12.2. The maximum absolute atomic E-state index is 6.69. The maximum atomic E-state index is 6.69. The van der Waals surface area contributed by atoms with E-state index in [1.54, 1.807) is 0 Å². The summed E-state index contributed by atoms with van der Waals surface area (Å²) in [6.07, 6.45) is 0. The molecule has 0 radical (unpaired) electrons. The minimum absolute atomic E-state index is 0.567. The number of rotatable bonds is 6. The second-order valence-corrected chi connectivity index (χ2v) is 11.6. The van der Waals surface area contributed by atoms with Gasteiger partial charge in [-0.2, -0.15) is 0 Å². The molecule has 0 amide bonds. The lowest BCUT2D eigenvalue weighted by molar-refractivity contribution is 0.618. The number of hydrogen-bond acceptors (Lipinski definition) is 4. The van der Waals surface area contributed by atoms with Gasteiger partial charge in [-0.15, -0.1) is 0 Å². The van der Waals surface area contributed by atoms with Crippen molar-refractivity contribution in [1.29, 1.82) is 0 Å². The Morgan fingerprint density at radius 3 is 1.47 bits per heavy atom. The Hall–Kier alpha value is -6.39. The van der Waals surface area contributed by atoms with E-state index in [1.807, 2.05) is 60.7 Å².